The van der Waals surface area contributed by atoms with Crippen molar-refractivity contribution in [3.8, 4) is 0 Å². The van der Waals surface area contributed by atoms with Gasteiger partial charge in [-0.25, -0.2) is 4.52 Å². The van der Waals surface area contributed by atoms with Crippen LogP contribution in [0.2, 0.25) is 0 Å². The molecule has 0 radical (unpaired) electrons. The quantitative estimate of drug-likeness (QED) is 0.669. The molecule has 0 spiro atoms. The van der Waals surface area contributed by atoms with Crippen LogP contribution in [0.1, 0.15) is 6.92 Å². The highest BCUT2D eigenvalue weighted by Crippen LogP contribution is 2.02. The van der Waals surface area contributed by atoms with Crippen LogP contribution in [0.3, 0.4) is 0 Å². The molecule has 0 aromatic carbocycles. The van der Waals surface area contributed by atoms with Crippen molar-refractivity contribution in [2.24, 2.45) is 0 Å². The Bertz CT molecular complexity index is 416. The maximum Gasteiger partial charge on any atom is 0.249 e. The Hall–Kier alpha value is -1.98. The van der Waals surface area contributed by atoms with Crippen LogP contribution in [0.5, 0.6) is 0 Å². The minimum atomic E-state index is -0.191. The highest BCUT2D eigenvalue weighted by molar-refractivity contribution is 5.86. The van der Waals surface area contributed by atoms with Crippen LogP contribution in [-0.4, -0.2) is 25.5 Å². The maximum atomic E-state index is 10.7. The normalized spacial score (nSPS) is 10.2. The van der Waals surface area contributed by atoms with Crippen LogP contribution >= 0.6 is 0 Å². The first-order chi connectivity index (χ1) is 6.25. The molecule has 2 aromatic heterocycles. The molecule has 13 heavy (non-hydrogen) atoms. The molecule has 6 heteroatoms. The molecular formula is C7H7N5O. The zero-order valence-electron chi connectivity index (χ0n) is 6.93. The van der Waals surface area contributed by atoms with E-state index in [4.69, 9.17) is 0 Å². The second-order valence-corrected chi connectivity index (χ2v) is 2.50. The predicted octanol–water partition coefficient (Wildman–Crippen LogP) is 0.0827. The van der Waals surface area contributed by atoms with Gasteiger partial charge in [-0.15, -0.1) is 5.10 Å². The molecule has 0 saturated heterocycles. The first-order valence-corrected chi connectivity index (χ1v) is 3.70. The van der Waals surface area contributed by atoms with Crippen LogP contribution in [0.4, 0.5) is 5.95 Å². The number of aromatic nitrogens is 4. The number of amides is 1. The fraction of sp³-hybridized carbons (Fsp3) is 0.143. The van der Waals surface area contributed by atoms with Gasteiger partial charge in [0.05, 0.1) is 6.20 Å². The number of nitrogens with zero attached hydrogens (tertiary/aromatic N) is 4. The lowest BCUT2D eigenvalue weighted by Gasteiger charge is -1.89. The number of carbonyl (C=O) groups is 1. The van der Waals surface area contributed by atoms with E-state index in [2.05, 4.69) is 20.4 Å². The van der Waals surface area contributed by atoms with E-state index in [9.17, 15) is 4.79 Å². The summed E-state index contributed by atoms with van der Waals surface area (Å²) in [6.45, 7) is 1.41. The van der Waals surface area contributed by atoms with Crippen LogP contribution < -0.4 is 5.32 Å². The van der Waals surface area contributed by atoms with Gasteiger partial charge in [0.1, 0.15) is 0 Å². The molecule has 0 atom stereocenters. The van der Waals surface area contributed by atoms with Crippen molar-refractivity contribution in [2.75, 3.05) is 5.32 Å². The number of carbonyl (C=O) groups excluding carboxylic acids is 1. The summed E-state index contributed by atoms with van der Waals surface area (Å²) in [6, 6.07) is 0. The first-order valence-electron chi connectivity index (χ1n) is 3.70. The molecule has 6 nitrogen and oxygen atoms in total. The van der Waals surface area contributed by atoms with Crippen molar-refractivity contribution in [3.05, 3.63) is 18.6 Å². The van der Waals surface area contributed by atoms with Gasteiger partial charge in [-0.1, -0.05) is 0 Å². The van der Waals surface area contributed by atoms with Gasteiger partial charge in [0.25, 0.3) is 0 Å². The van der Waals surface area contributed by atoms with Gasteiger partial charge in [0.15, 0.2) is 5.65 Å². The Kier molecular flexibility index (Phi) is 1.66. The monoisotopic (exact) mass is 177 g/mol. The molecule has 1 N–H and O–H groups in total. The molecule has 0 aliphatic rings. The van der Waals surface area contributed by atoms with E-state index in [1.165, 1.54) is 11.4 Å². The molecule has 2 heterocycles. The maximum absolute atomic E-state index is 10.7. The number of hydrogen-bond acceptors (Lipinski definition) is 4. The Morgan fingerprint density at radius 1 is 1.62 bits per heavy atom. The Morgan fingerprint density at radius 2 is 2.46 bits per heavy atom. The van der Waals surface area contributed by atoms with Crippen molar-refractivity contribution in [1.82, 2.24) is 19.6 Å². The van der Waals surface area contributed by atoms with E-state index in [0.29, 0.717) is 11.6 Å². The van der Waals surface area contributed by atoms with Crippen molar-refractivity contribution in [1.29, 1.82) is 0 Å². The van der Waals surface area contributed by atoms with Gasteiger partial charge in [0.2, 0.25) is 11.9 Å². The van der Waals surface area contributed by atoms with E-state index in [1.807, 2.05) is 0 Å². The van der Waals surface area contributed by atoms with Gasteiger partial charge < -0.3 is 0 Å². The second kappa shape index (κ2) is 2.81. The van der Waals surface area contributed by atoms with Crippen LogP contribution in [0.25, 0.3) is 5.65 Å². The second-order valence-electron chi connectivity index (χ2n) is 2.50. The Morgan fingerprint density at radius 3 is 3.15 bits per heavy atom. The van der Waals surface area contributed by atoms with Crippen molar-refractivity contribution >= 4 is 17.5 Å². The lowest BCUT2D eigenvalue weighted by Crippen LogP contribution is -2.07. The van der Waals surface area contributed by atoms with Gasteiger partial charge in [-0.3, -0.25) is 15.1 Å². The third-order valence-corrected chi connectivity index (χ3v) is 1.43. The molecule has 0 bridgehead atoms. The average Bonchev–Trinajstić information content (AvgIpc) is 2.44. The van der Waals surface area contributed by atoms with E-state index in [0.717, 1.165) is 0 Å². The zero-order valence-corrected chi connectivity index (χ0v) is 6.93. The number of nitrogens with one attached hydrogen (secondary N) is 1. The van der Waals surface area contributed by atoms with Gasteiger partial charge in [-0.05, 0) is 0 Å². The topological polar surface area (TPSA) is 72.2 Å². The average molecular weight is 177 g/mol. The van der Waals surface area contributed by atoms with Crippen LogP contribution in [-0.2, 0) is 4.79 Å². The first kappa shape index (κ1) is 7.66. The zero-order chi connectivity index (χ0) is 9.26. The summed E-state index contributed by atoms with van der Waals surface area (Å²) in [5.41, 5.74) is 0.603. The molecule has 2 rings (SSSR count). The van der Waals surface area contributed by atoms with E-state index < -0.39 is 0 Å². The molecule has 0 unspecified atom stereocenters. The summed E-state index contributed by atoms with van der Waals surface area (Å²) in [5, 5.41) is 6.47. The molecule has 2 aromatic rings. The van der Waals surface area contributed by atoms with E-state index in [1.54, 1.807) is 18.6 Å². The fourth-order valence-electron chi connectivity index (χ4n) is 0.955. The smallest absolute Gasteiger partial charge is 0.249 e. The van der Waals surface area contributed by atoms with Crippen molar-refractivity contribution in [3.63, 3.8) is 0 Å². The fourth-order valence-corrected chi connectivity index (χ4v) is 0.955. The highest BCUT2D eigenvalue weighted by Gasteiger charge is 2.02. The molecule has 1 amide bonds. The Labute approximate surface area is 73.6 Å². The number of rotatable bonds is 1. The van der Waals surface area contributed by atoms with Gasteiger partial charge in [-0.2, -0.15) is 4.98 Å². The lowest BCUT2D eigenvalue weighted by molar-refractivity contribution is -0.114. The van der Waals surface area contributed by atoms with Crippen molar-refractivity contribution < 1.29 is 4.79 Å². The largest absolute Gasteiger partial charge is 0.293 e. The summed E-state index contributed by atoms with van der Waals surface area (Å²) in [6.07, 6.45) is 4.82. The van der Waals surface area contributed by atoms with Gasteiger partial charge in [0, 0.05) is 19.3 Å². The van der Waals surface area contributed by atoms with Crippen molar-refractivity contribution in [2.45, 2.75) is 6.92 Å². The predicted molar refractivity (Wildman–Crippen MR) is 45.1 cm³/mol. The van der Waals surface area contributed by atoms with Gasteiger partial charge >= 0.3 is 0 Å². The summed E-state index contributed by atoms with van der Waals surface area (Å²) in [4.78, 5) is 18.6. The number of hydrogen-bond donors (Lipinski definition) is 1. The third kappa shape index (κ3) is 1.46. The Balaban J connectivity index is 2.44. The standard InChI is InChI=1S/C7H7N5O/c1-5(13)9-7-10-6-4-8-2-3-12(6)11-7/h2-4H,1H3,(H,9,11,13). The summed E-state index contributed by atoms with van der Waals surface area (Å²) in [7, 11) is 0. The van der Waals surface area contributed by atoms with E-state index in [-0.39, 0.29) is 5.91 Å². The van der Waals surface area contributed by atoms with Crippen LogP contribution in [0.15, 0.2) is 18.6 Å². The summed E-state index contributed by atoms with van der Waals surface area (Å²) >= 11 is 0. The number of fused-ring (bicyclic) bond motifs is 1. The number of anilines is 1. The molecule has 0 aliphatic carbocycles. The SMILES string of the molecule is CC(=O)Nc1nc2cnccn2n1. The summed E-state index contributed by atoms with van der Waals surface area (Å²) < 4.78 is 1.54. The molecule has 66 valence electrons. The molecule has 0 fully saturated rings. The minimum absolute atomic E-state index is 0.191. The molecule has 0 saturated carbocycles. The molecular weight excluding hydrogens is 170 g/mol. The highest BCUT2D eigenvalue weighted by atomic mass is 16.1. The lowest BCUT2D eigenvalue weighted by atomic mass is 10.7. The summed E-state index contributed by atoms with van der Waals surface area (Å²) in [5.74, 6) is 0.101. The van der Waals surface area contributed by atoms with Crippen LogP contribution in [0, 0.1) is 0 Å². The van der Waals surface area contributed by atoms with E-state index >= 15 is 0 Å². The third-order valence-electron chi connectivity index (χ3n) is 1.43. The minimum Gasteiger partial charge on any atom is -0.293 e. The molecule has 0 aliphatic heterocycles.